The molecule has 0 bridgehead atoms. The molecule has 0 saturated carbocycles. The molecule has 5 nitrogen and oxygen atoms in total. The molecule has 2 aromatic rings. The molecule has 168 valence electrons. The Morgan fingerprint density at radius 2 is 1.71 bits per heavy atom. The standard InChI is InChI=1S/C26H37N3O2/c1-20(21-9-7-6-8-10-21)24(19-27-2)25(30)29-17-15-26(16-18-29,28(3)4)22-11-13-23(31-5)14-12-22/h6-14,20,24,27H,15-19H2,1-5H3. The number of benzene rings is 2. The second kappa shape index (κ2) is 10.3. The topological polar surface area (TPSA) is 44.8 Å². The molecule has 0 spiro atoms. The number of ether oxygens (including phenoxy) is 1. The van der Waals surface area contributed by atoms with Crippen molar-refractivity contribution in [3.63, 3.8) is 0 Å². The zero-order valence-corrected chi connectivity index (χ0v) is 19.6. The maximum atomic E-state index is 13.6. The lowest BCUT2D eigenvalue weighted by atomic mass is 9.79. The molecule has 1 heterocycles. The summed E-state index contributed by atoms with van der Waals surface area (Å²) in [7, 11) is 7.90. The van der Waals surface area contributed by atoms with E-state index in [1.807, 2.05) is 37.4 Å². The predicted octanol–water partition coefficient (Wildman–Crippen LogP) is 3.71. The van der Waals surface area contributed by atoms with Crippen LogP contribution in [0.5, 0.6) is 5.75 Å². The molecule has 1 aliphatic rings. The zero-order chi connectivity index (χ0) is 22.4. The average Bonchev–Trinajstić information content (AvgIpc) is 2.82. The summed E-state index contributed by atoms with van der Waals surface area (Å²) in [4.78, 5) is 17.9. The Morgan fingerprint density at radius 3 is 2.23 bits per heavy atom. The van der Waals surface area contributed by atoms with Gasteiger partial charge >= 0.3 is 0 Å². The van der Waals surface area contributed by atoms with Gasteiger partial charge in [0.2, 0.25) is 5.91 Å². The van der Waals surface area contributed by atoms with Crippen LogP contribution in [-0.2, 0) is 10.3 Å². The lowest BCUT2D eigenvalue weighted by Crippen LogP contribution is -2.53. The number of amides is 1. The lowest BCUT2D eigenvalue weighted by Gasteiger charge is -2.47. The van der Waals surface area contributed by atoms with Gasteiger partial charge in [0.15, 0.2) is 0 Å². The van der Waals surface area contributed by atoms with Crippen molar-refractivity contribution in [1.29, 1.82) is 0 Å². The second-order valence-electron chi connectivity index (χ2n) is 8.84. The monoisotopic (exact) mass is 423 g/mol. The van der Waals surface area contributed by atoms with Crippen LogP contribution in [0.2, 0.25) is 0 Å². The van der Waals surface area contributed by atoms with Crippen molar-refractivity contribution >= 4 is 5.91 Å². The summed E-state index contributed by atoms with van der Waals surface area (Å²) in [5, 5.41) is 3.24. The Labute approximate surface area is 187 Å². The fourth-order valence-electron chi connectivity index (χ4n) is 4.91. The molecule has 0 aliphatic carbocycles. The molecule has 0 radical (unpaired) electrons. The van der Waals surface area contributed by atoms with E-state index in [9.17, 15) is 4.79 Å². The van der Waals surface area contributed by atoms with Crippen LogP contribution in [-0.4, -0.2) is 63.6 Å². The second-order valence-corrected chi connectivity index (χ2v) is 8.84. The number of carbonyl (C=O) groups is 1. The van der Waals surface area contributed by atoms with Crippen LogP contribution in [0, 0.1) is 5.92 Å². The third kappa shape index (κ3) is 4.94. The van der Waals surface area contributed by atoms with Gasteiger partial charge in [-0.2, -0.15) is 0 Å². The van der Waals surface area contributed by atoms with Gasteiger partial charge in [-0.15, -0.1) is 0 Å². The number of nitrogens with one attached hydrogen (secondary N) is 1. The highest BCUT2D eigenvalue weighted by Gasteiger charge is 2.41. The molecule has 1 fully saturated rings. The fraction of sp³-hybridized carbons (Fsp3) is 0.500. The molecule has 1 N–H and O–H groups in total. The summed E-state index contributed by atoms with van der Waals surface area (Å²) >= 11 is 0. The minimum absolute atomic E-state index is 0.0629. The van der Waals surface area contributed by atoms with Crippen LogP contribution < -0.4 is 10.1 Å². The molecular weight excluding hydrogens is 386 g/mol. The Hall–Kier alpha value is -2.37. The number of rotatable bonds is 8. The summed E-state index contributed by atoms with van der Waals surface area (Å²) in [5.41, 5.74) is 2.44. The largest absolute Gasteiger partial charge is 0.497 e. The molecular formula is C26H37N3O2. The number of piperidine rings is 1. The summed E-state index contributed by atoms with van der Waals surface area (Å²) in [6.45, 7) is 4.39. The first-order valence-electron chi connectivity index (χ1n) is 11.2. The highest BCUT2D eigenvalue weighted by molar-refractivity contribution is 5.80. The highest BCUT2D eigenvalue weighted by Crippen LogP contribution is 2.39. The van der Waals surface area contributed by atoms with E-state index in [1.165, 1.54) is 11.1 Å². The third-order valence-corrected chi connectivity index (χ3v) is 7.06. The molecule has 1 aliphatic heterocycles. The average molecular weight is 424 g/mol. The minimum Gasteiger partial charge on any atom is -0.497 e. The summed E-state index contributed by atoms with van der Waals surface area (Å²) in [6, 6.07) is 18.8. The molecule has 2 aromatic carbocycles. The quantitative estimate of drug-likeness (QED) is 0.703. The van der Waals surface area contributed by atoms with E-state index in [1.54, 1.807) is 7.11 Å². The van der Waals surface area contributed by atoms with E-state index in [0.29, 0.717) is 6.54 Å². The van der Waals surface area contributed by atoms with Gasteiger partial charge in [-0.1, -0.05) is 49.4 Å². The van der Waals surface area contributed by atoms with Crippen LogP contribution in [0.15, 0.2) is 54.6 Å². The predicted molar refractivity (Wildman–Crippen MR) is 126 cm³/mol. The normalized spacial score (nSPS) is 17.9. The molecule has 2 unspecified atom stereocenters. The molecule has 5 heteroatoms. The number of likely N-dealkylation sites (tertiary alicyclic amines) is 1. The summed E-state index contributed by atoms with van der Waals surface area (Å²) in [5.74, 6) is 1.23. The van der Waals surface area contributed by atoms with Crippen molar-refractivity contribution in [2.75, 3.05) is 47.9 Å². The number of carbonyl (C=O) groups excluding carboxylic acids is 1. The van der Waals surface area contributed by atoms with E-state index in [-0.39, 0.29) is 23.3 Å². The first-order valence-corrected chi connectivity index (χ1v) is 11.2. The highest BCUT2D eigenvalue weighted by atomic mass is 16.5. The SMILES string of the molecule is CNCC(C(=O)N1CCC(c2ccc(OC)cc2)(N(C)C)CC1)C(C)c1ccccc1. The van der Waals surface area contributed by atoms with Gasteiger partial charge in [-0.25, -0.2) is 0 Å². The van der Waals surface area contributed by atoms with Crippen LogP contribution in [0.3, 0.4) is 0 Å². The van der Waals surface area contributed by atoms with Crippen molar-refractivity contribution < 1.29 is 9.53 Å². The first kappa shape index (κ1) is 23.3. The molecule has 1 amide bonds. The van der Waals surface area contributed by atoms with E-state index in [2.05, 4.69) is 60.4 Å². The Balaban J connectivity index is 1.75. The van der Waals surface area contributed by atoms with E-state index >= 15 is 0 Å². The van der Waals surface area contributed by atoms with Gasteiger partial charge in [0.05, 0.1) is 13.0 Å². The number of nitrogens with zero attached hydrogens (tertiary/aromatic N) is 2. The van der Waals surface area contributed by atoms with Crippen molar-refractivity contribution in [3.8, 4) is 5.75 Å². The molecule has 2 atom stereocenters. The lowest BCUT2D eigenvalue weighted by molar-refractivity contribution is -0.138. The first-order chi connectivity index (χ1) is 14.9. The van der Waals surface area contributed by atoms with Crippen molar-refractivity contribution in [3.05, 3.63) is 65.7 Å². The van der Waals surface area contributed by atoms with Crippen molar-refractivity contribution in [2.24, 2.45) is 5.92 Å². The van der Waals surface area contributed by atoms with Gasteiger partial charge in [0.25, 0.3) is 0 Å². The van der Waals surface area contributed by atoms with Crippen molar-refractivity contribution in [2.45, 2.75) is 31.2 Å². The van der Waals surface area contributed by atoms with E-state index in [4.69, 9.17) is 4.74 Å². The van der Waals surface area contributed by atoms with Gasteiger partial charge in [-0.3, -0.25) is 9.69 Å². The van der Waals surface area contributed by atoms with Crippen LogP contribution >= 0.6 is 0 Å². The Morgan fingerprint density at radius 1 is 1.10 bits per heavy atom. The smallest absolute Gasteiger partial charge is 0.227 e. The van der Waals surface area contributed by atoms with E-state index < -0.39 is 0 Å². The molecule has 3 rings (SSSR count). The Kier molecular flexibility index (Phi) is 7.74. The molecule has 31 heavy (non-hydrogen) atoms. The van der Waals surface area contributed by atoms with Gasteiger partial charge in [-0.05, 0) is 63.2 Å². The van der Waals surface area contributed by atoms with Gasteiger partial charge in [0.1, 0.15) is 5.75 Å². The van der Waals surface area contributed by atoms with Crippen LogP contribution in [0.25, 0.3) is 0 Å². The maximum Gasteiger partial charge on any atom is 0.227 e. The third-order valence-electron chi connectivity index (χ3n) is 7.06. The summed E-state index contributed by atoms with van der Waals surface area (Å²) < 4.78 is 5.33. The Bertz CT molecular complexity index is 827. The minimum atomic E-state index is -0.0692. The van der Waals surface area contributed by atoms with E-state index in [0.717, 1.165) is 31.7 Å². The van der Waals surface area contributed by atoms with Crippen LogP contribution in [0.4, 0.5) is 0 Å². The van der Waals surface area contributed by atoms with Crippen LogP contribution in [0.1, 0.15) is 36.8 Å². The maximum absolute atomic E-state index is 13.6. The molecule has 1 saturated heterocycles. The number of hydrogen-bond donors (Lipinski definition) is 1. The van der Waals surface area contributed by atoms with Gasteiger partial charge < -0.3 is 15.0 Å². The number of methoxy groups -OCH3 is 1. The number of hydrogen-bond acceptors (Lipinski definition) is 4. The van der Waals surface area contributed by atoms with Crippen molar-refractivity contribution in [1.82, 2.24) is 15.1 Å². The van der Waals surface area contributed by atoms with Gasteiger partial charge in [0, 0.05) is 25.2 Å². The molecule has 0 aromatic heterocycles. The summed E-state index contributed by atoms with van der Waals surface area (Å²) in [6.07, 6.45) is 1.84. The fourth-order valence-corrected chi connectivity index (χ4v) is 4.91. The zero-order valence-electron chi connectivity index (χ0n) is 19.6.